The van der Waals surface area contributed by atoms with E-state index in [2.05, 4.69) is 48.7 Å². The molecule has 0 bridgehead atoms. The van der Waals surface area contributed by atoms with Crippen LogP contribution in [0, 0.1) is 0 Å². The average Bonchev–Trinajstić information content (AvgIpc) is 2.30. The van der Waals surface area contributed by atoms with Crippen molar-refractivity contribution < 1.29 is 0 Å². The predicted molar refractivity (Wildman–Crippen MR) is 71.1 cm³/mol. The minimum absolute atomic E-state index is 0.583. The Labute approximate surface area is 98.4 Å². The maximum absolute atomic E-state index is 3.67. The Morgan fingerprint density at radius 1 is 0.875 bits per heavy atom. The summed E-state index contributed by atoms with van der Waals surface area (Å²) in [6.45, 7) is 4.51. The molecule has 2 nitrogen and oxygen atoms in total. The number of hydrogen-bond acceptors (Lipinski definition) is 2. The zero-order chi connectivity index (χ0) is 11.4. The molecule has 1 aliphatic rings. The van der Waals surface area contributed by atoms with Crippen LogP contribution < -0.4 is 10.6 Å². The van der Waals surface area contributed by atoms with Gasteiger partial charge in [-0.25, -0.2) is 0 Å². The summed E-state index contributed by atoms with van der Waals surface area (Å²) in [5, 5.41) is 7.34. The first-order valence-corrected chi connectivity index (χ1v) is 6.47. The van der Waals surface area contributed by atoms with Crippen LogP contribution in [0.5, 0.6) is 0 Å². The number of para-hydroxylation sites is 2. The van der Waals surface area contributed by atoms with Gasteiger partial charge in [0.25, 0.3) is 0 Å². The van der Waals surface area contributed by atoms with E-state index in [4.69, 9.17) is 0 Å². The molecule has 88 valence electrons. The maximum Gasteiger partial charge on any atom is 0.0578 e. The van der Waals surface area contributed by atoms with Crippen molar-refractivity contribution in [3.8, 4) is 0 Å². The van der Waals surface area contributed by atoms with E-state index in [1.165, 1.54) is 37.1 Å². The number of rotatable bonds is 4. The zero-order valence-corrected chi connectivity index (χ0v) is 10.3. The van der Waals surface area contributed by atoms with Gasteiger partial charge in [-0.1, -0.05) is 38.8 Å². The largest absolute Gasteiger partial charge is 0.379 e. The molecule has 0 fully saturated rings. The van der Waals surface area contributed by atoms with E-state index < -0.39 is 0 Å². The molecule has 0 spiro atoms. The summed E-state index contributed by atoms with van der Waals surface area (Å²) in [4.78, 5) is 0. The Morgan fingerprint density at radius 3 is 1.69 bits per heavy atom. The standard InChI is InChI=1S/C14H22N2/c1-3-7-11-12(8-4-2)16-14-10-6-5-9-13(14)15-11/h5-6,9-12,15-16H,3-4,7-8H2,1-2H3. The summed E-state index contributed by atoms with van der Waals surface area (Å²) in [6, 6.07) is 9.67. The van der Waals surface area contributed by atoms with Crippen LogP contribution in [-0.4, -0.2) is 12.1 Å². The zero-order valence-electron chi connectivity index (χ0n) is 10.3. The normalized spacial score (nSPS) is 23.1. The van der Waals surface area contributed by atoms with Crippen LogP contribution in [0.25, 0.3) is 0 Å². The van der Waals surface area contributed by atoms with Crippen molar-refractivity contribution in [2.45, 2.75) is 51.6 Å². The van der Waals surface area contributed by atoms with Gasteiger partial charge in [0, 0.05) is 12.1 Å². The number of fused-ring (bicyclic) bond motifs is 1. The van der Waals surface area contributed by atoms with Crippen molar-refractivity contribution >= 4 is 11.4 Å². The van der Waals surface area contributed by atoms with Crippen LogP contribution in [0.15, 0.2) is 24.3 Å². The molecule has 1 aliphatic heterocycles. The maximum atomic E-state index is 3.67. The molecule has 0 aliphatic carbocycles. The lowest BCUT2D eigenvalue weighted by Gasteiger charge is -2.36. The van der Waals surface area contributed by atoms with Gasteiger partial charge in [-0.2, -0.15) is 0 Å². The number of benzene rings is 1. The lowest BCUT2D eigenvalue weighted by atomic mass is 9.95. The second kappa shape index (κ2) is 5.24. The Morgan fingerprint density at radius 2 is 1.31 bits per heavy atom. The van der Waals surface area contributed by atoms with E-state index in [1.54, 1.807) is 0 Å². The van der Waals surface area contributed by atoms with Crippen molar-refractivity contribution in [3.63, 3.8) is 0 Å². The van der Waals surface area contributed by atoms with E-state index in [0.717, 1.165) is 0 Å². The summed E-state index contributed by atoms with van der Waals surface area (Å²) in [6.07, 6.45) is 4.96. The average molecular weight is 218 g/mol. The van der Waals surface area contributed by atoms with E-state index in [-0.39, 0.29) is 0 Å². The van der Waals surface area contributed by atoms with Crippen LogP contribution >= 0.6 is 0 Å². The van der Waals surface area contributed by atoms with Gasteiger partial charge in [0.15, 0.2) is 0 Å². The molecule has 0 radical (unpaired) electrons. The lowest BCUT2D eigenvalue weighted by molar-refractivity contribution is 0.504. The first-order valence-electron chi connectivity index (χ1n) is 6.47. The molecule has 0 saturated heterocycles. The lowest BCUT2D eigenvalue weighted by Crippen LogP contribution is -2.42. The second-order valence-electron chi connectivity index (χ2n) is 4.62. The first-order chi connectivity index (χ1) is 7.85. The predicted octanol–water partition coefficient (Wildman–Crippen LogP) is 3.86. The molecule has 1 aromatic rings. The molecule has 1 heterocycles. The molecule has 2 unspecified atom stereocenters. The highest BCUT2D eigenvalue weighted by molar-refractivity contribution is 5.71. The van der Waals surface area contributed by atoms with Gasteiger partial charge in [-0.15, -0.1) is 0 Å². The second-order valence-corrected chi connectivity index (χ2v) is 4.62. The van der Waals surface area contributed by atoms with Crippen LogP contribution in [0.3, 0.4) is 0 Å². The molecule has 2 rings (SSSR count). The third-order valence-electron chi connectivity index (χ3n) is 3.29. The van der Waals surface area contributed by atoms with Crippen LogP contribution in [-0.2, 0) is 0 Å². The SMILES string of the molecule is CCCC1Nc2ccccc2NC1CCC. The summed E-state index contributed by atoms with van der Waals surface area (Å²) >= 11 is 0. The molecular formula is C14H22N2. The van der Waals surface area contributed by atoms with Gasteiger partial charge in [0.05, 0.1) is 11.4 Å². The summed E-state index contributed by atoms with van der Waals surface area (Å²) in [5.41, 5.74) is 2.52. The van der Waals surface area contributed by atoms with Gasteiger partial charge in [0.2, 0.25) is 0 Å². The van der Waals surface area contributed by atoms with E-state index in [9.17, 15) is 0 Å². The monoisotopic (exact) mass is 218 g/mol. The molecule has 0 amide bonds. The fraction of sp³-hybridized carbons (Fsp3) is 0.571. The fourth-order valence-electron chi connectivity index (χ4n) is 2.50. The quantitative estimate of drug-likeness (QED) is 0.802. The molecule has 2 N–H and O–H groups in total. The molecule has 16 heavy (non-hydrogen) atoms. The number of nitrogens with one attached hydrogen (secondary N) is 2. The Hall–Kier alpha value is -1.18. The Kier molecular flexibility index (Phi) is 3.70. The molecule has 0 aromatic heterocycles. The molecule has 2 heteroatoms. The molecule has 1 aromatic carbocycles. The highest BCUT2D eigenvalue weighted by Crippen LogP contribution is 2.30. The molecule has 2 atom stereocenters. The minimum Gasteiger partial charge on any atom is -0.379 e. The molecular weight excluding hydrogens is 196 g/mol. The summed E-state index contributed by atoms with van der Waals surface area (Å²) in [5.74, 6) is 0. The van der Waals surface area contributed by atoms with Gasteiger partial charge in [-0.3, -0.25) is 0 Å². The van der Waals surface area contributed by atoms with Crippen LogP contribution in [0.2, 0.25) is 0 Å². The van der Waals surface area contributed by atoms with Crippen molar-refractivity contribution in [1.82, 2.24) is 0 Å². The van der Waals surface area contributed by atoms with E-state index in [1.807, 2.05) is 0 Å². The first kappa shape index (κ1) is 11.3. The molecule has 0 saturated carbocycles. The Bertz CT molecular complexity index is 302. The van der Waals surface area contributed by atoms with Crippen molar-refractivity contribution in [3.05, 3.63) is 24.3 Å². The summed E-state index contributed by atoms with van der Waals surface area (Å²) in [7, 11) is 0. The number of anilines is 2. The van der Waals surface area contributed by atoms with Crippen molar-refractivity contribution in [2.75, 3.05) is 10.6 Å². The topological polar surface area (TPSA) is 24.1 Å². The van der Waals surface area contributed by atoms with E-state index in [0.29, 0.717) is 12.1 Å². The summed E-state index contributed by atoms with van der Waals surface area (Å²) < 4.78 is 0. The van der Waals surface area contributed by atoms with Gasteiger partial charge in [0.1, 0.15) is 0 Å². The van der Waals surface area contributed by atoms with Gasteiger partial charge < -0.3 is 10.6 Å². The highest BCUT2D eigenvalue weighted by Gasteiger charge is 2.25. The fourth-order valence-corrected chi connectivity index (χ4v) is 2.50. The Balaban J connectivity index is 2.15. The van der Waals surface area contributed by atoms with Gasteiger partial charge in [-0.05, 0) is 25.0 Å². The third-order valence-corrected chi connectivity index (χ3v) is 3.29. The van der Waals surface area contributed by atoms with Crippen molar-refractivity contribution in [2.24, 2.45) is 0 Å². The minimum atomic E-state index is 0.583. The number of hydrogen-bond donors (Lipinski definition) is 2. The van der Waals surface area contributed by atoms with Crippen molar-refractivity contribution in [1.29, 1.82) is 0 Å². The smallest absolute Gasteiger partial charge is 0.0578 e. The van der Waals surface area contributed by atoms with Crippen LogP contribution in [0.4, 0.5) is 11.4 Å². The highest BCUT2D eigenvalue weighted by atomic mass is 15.1. The van der Waals surface area contributed by atoms with Crippen LogP contribution in [0.1, 0.15) is 39.5 Å². The third kappa shape index (κ3) is 2.31. The van der Waals surface area contributed by atoms with Gasteiger partial charge >= 0.3 is 0 Å². The van der Waals surface area contributed by atoms with E-state index >= 15 is 0 Å².